The van der Waals surface area contributed by atoms with Gasteiger partial charge in [-0.2, -0.15) is 0 Å². The Morgan fingerprint density at radius 1 is 1.00 bits per heavy atom. The smallest absolute Gasteiger partial charge is 0.261 e. The van der Waals surface area contributed by atoms with Gasteiger partial charge in [0.25, 0.3) is 5.91 Å². The highest BCUT2D eigenvalue weighted by Gasteiger charge is 2.14. The van der Waals surface area contributed by atoms with Gasteiger partial charge in [0.15, 0.2) is 0 Å². The molecule has 4 aromatic rings. The van der Waals surface area contributed by atoms with Gasteiger partial charge in [-0.05, 0) is 36.4 Å². The molecular weight excluding hydrogens is 382 g/mol. The number of fused-ring (bicyclic) bond motifs is 1. The lowest BCUT2D eigenvalue weighted by Gasteiger charge is -2.04. The largest absolute Gasteiger partial charge is 0.467 e. The third-order valence-electron chi connectivity index (χ3n) is 3.78. The first-order valence-corrected chi connectivity index (χ1v) is 9.85. The third kappa shape index (κ3) is 4.07. The molecule has 0 aliphatic carbocycles. The molecule has 0 radical (unpaired) electrons. The van der Waals surface area contributed by atoms with Crippen LogP contribution in [0.15, 0.2) is 59.2 Å². The molecule has 4 rings (SSSR count). The fraction of sp³-hybridized carbons (Fsp3) is 0.105. The molecule has 3 aromatic heterocycles. The number of thiophene rings is 1. The van der Waals surface area contributed by atoms with Gasteiger partial charge in [0.05, 0.1) is 39.3 Å². The van der Waals surface area contributed by atoms with Crippen molar-refractivity contribution in [1.82, 2.24) is 15.6 Å². The van der Waals surface area contributed by atoms with Gasteiger partial charge in [-0.25, -0.2) is 4.98 Å². The molecule has 0 unspecified atom stereocenters. The Morgan fingerprint density at radius 2 is 1.89 bits per heavy atom. The van der Waals surface area contributed by atoms with E-state index in [1.807, 2.05) is 30.3 Å². The lowest BCUT2D eigenvalue weighted by Crippen LogP contribution is -2.36. The van der Waals surface area contributed by atoms with E-state index in [0.29, 0.717) is 17.2 Å². The van der Waals surface area contributed by atoms with Crippen molar-refractivity contribution in [3.8, 4) is 9.88 Å². The van der Waals surface area contributed by atoms with Crippen molar-refractivity contribution in [2.24, 2.45) is 0 Å². The molecule has 8 heteroatoms. The fourth-order valence-corrected chi connectivity index (χ4v) is 4.40. The Hall–Kier alpha value is -2.97. The molecule has 0 saturated carbocycles. The van der Waals surface area contributed by atoms with Crippen molar-refractivity contribution in [3.63, 3.8) is 0 Å². The van der Waals surface area contributed by atoms with E-state index in [2.05, 4.69) is 15.6 Å². The second-order valence-corrected chi connectivity index (χ2v) is 7.80. The summed E-state index contributed by atoms with van der Waals surface area (Å²) in [5, 5.41) is 6.20. The number of benzene rings is 1. The van der Waals surface area contributed by atoms with Crippen LogP contribution in [0.25, 0.3) is 20.1 Å². The van der Waals surface area contributed by atoms with Crippen molar-refractivity contribution >= 4 is 44.7 Å². The SMILES string of the molecule is O=C(CNC(=O)c1ccc(-c2nc3ccccc3s2)s1)NCc1ccco1. The van der Waals surface area contributed by atoms with E-state index in [0.717, 1.165) is 20.1 Å². The van der Waals surface area contributed by atoms with E-state index in [4.69, 9.17) is 4.42 Å². The van der Waals surface area contributed by atoms with Crippen LogP contribution in [0.4, 0.5) is 0 Å². The van der Waals surface area contributed by atoms with Crippen molar-refractivity contribution in [3.05, 3.63) is 65.4 Å². The van der Waals surface area contributed by atoms with E-state index < -0.39 is 0 Å². The van der Waals surface area contributed by atoms with Crippen LogP contribution in [-0.4, -0.2) is 23.3 Å². The standard InChI is InChI=1S/C19H15N3O3S2/c23-17(20-10-12-4-3-9-25-12)11-21-18(24)15-7-8-16(26-15)19-22-13-5-1-2-6-14(13)27-19/h1-9H,10-11H2,(H,20,23)(H,21,24). The maximum absolute atomic E-state index is 12.3. The first-order valence-electron chi connectivity index (χ1n) is 8.22. The number of para-hydroxylation sites is 1. The Labute approximate surface area is 162 Å². The minimum absolute atomic E-state index is 0.0894. The van der Waals surface area contributed by atoms with Crippen LogP contribution in [0.1, 0.15) is 15.4 Å². The van der Waals surface area contributed by atoms with Crippen LogP contribution >= 0.6 is 22.7 Å². The Morgan fingerprint density at radius 3 is 2.70 bits per heavy atom. The zero-order valence-corrected chi connectivity index (χ0v) is 15.7. The molecule has 136 valence electrons. The first kappa shape index (κ1) is 17.4. The Bertz CT molecular complexity index is 1050. The predicted molar refractivity (Wildman–Crippen MR) is 106 cm³/mol. The highest BCUT2D eigenvalue weighted by molar-refractivity contribution is 7.26. The van der Waals surface area contributed by atoms with E-state index in [-0.39, 0.29) is 18.4 Å². The summed E-state index contributed by atoms with van der Waals surface area (Å²) in [6.45, 7) is 0.205. The molecule has 0 atom stereocenters. The van der Waals surface area contributed by atoms with Gasteiger partial charge >= 0.3 is 0 Å². The van der Waals surface area contributed by atoms with Gasteiger partial charge in [0.1, 0.15) is 10.8 Å². The molecule has 1 aromatic carbocycles. The number of hydrogen-bond acceptors (Lipinski definition) is 6. The molecule has 6 nitrogen and oxygen atoms in total. The van der Waals surface area contributed by atoms with Crippen LogP contribution in [0.2, 0.25) is 0 Å². The van der Waals surface area contributed by atoms with Crippen LogP contribution in [0, 0.1) is 0 Å². The van der Waals surface area contributed by atoms with Crippen molar-refractivity contribution in [2.45, 2.75) is 6.54 Å². The number of amides is 2. The first-order chi connectivity index (χ1) is 13.2. The monoisotopic (exact) mass is 397 g/mol. The van der Waals surface area contributed by atoms with E-state index in [9.17, 15) is 9.59 Å². The molecule has 0 aliphatic rings. The lowest BCUT2D eigenvalue weighted by atomic mass is 10.3. The van der Waals surface area contributed by atoms with Crippen LogP contribution < -0.4 is 10.6 Å². The zero-order valence-electron chi connectivity index (χ0n) is 14.1. The third-order valence-corrected chi connectivity index (χ3v) is 6.07. The Kier molecular flexibility index (Phi) is 4.99. The summed E-state index contributed by atoms with van der Waals surface area (Å²) in [5.41, 5.74) is 0.949. The highest BCUT2D eigenvalue weighted by atomic mass is 32.1. The number of furan rings is 1. The van der Waals surface area contributed by atoms with E-state index in [1.165, 1.54) is 11.3 Å². The summed E-state index contributed by atoms with van der Waals surface area (Å²) in [6, 6.07) is 15.1. The summed E-state index contributed by atoms with van der Waals surface area (Å²) in [5.74, 6) is 0.108. The molecule has 0 saturated heterocycles. The number of carbonyl (C=O) groups excluding carboxylic acids is 2. The minimum atomic E-state index is -0.277. The summed E-state index contributed by atoms with van der Waals surface area (Å²) < 4.78 is 6.25. The quantitative estimate of drug-likeness (QED) is 0.520. The molecule has 2 amide bonds. The molecule has 2 N–H and O–H groups in total. The summed E-state index contributed by atoms with van der Waals surface area (Å²) >= 11 is 2.96. The number of aromatic nitrogens is 1. The predicted octanol–water partition coefficient (Wildman–Crippen LogP) is 3.66. The molecule has 0 aliphatic heterocycles. The number of nitrogens with zero attached hydrogens (tertiary/aromatic N) is 1. The summed E-state index contributed by atoms with van der Waals surface area (Å²) in [4.78, 5) is 30.2. The van der Waals surface area contributed by atoms with Crippen LogP contribution in [0.5, 0.6) is 0 Å². The zero-order chi connectivity index (χ0) is 18.6. The fourth-order valence-electron chi connectivity index (χ4n) is 2.46. The Balaban J connectivity index is 1.35. The lowest BCUT2D eigenvalue weighted by molar-refractivity contribution is -0.120. The average Bonchev–Trinajstić information content (AvgIpc) is 3.43. The highest BCUT2D eigenvalue weighted by Crippen LogP contribution is 2.34. The van der Waals surface area contributed by atoms with Gasteiger partial charge < -0.3 is 15.1 Å². The number of rotatable bonds is 6. The minimum Gasteiger partial charge on any atom is -0.467 e. The maximum Gasteiger partial charge on any atom is 0.261 e. The van der Waals surface area contributed by atoms with Crippen molar-refractivity contribution in [1.29, 1.82) is 0 Å². The topological polar surface area (TPSA) is 84.2 Å². The van der Waals surface area contributed by atoms with E-state index in [1.54, 1.807) is 35.8 Å². The molecule has 27 heavy (non-hydrogen) atoms. The average molecular weight is 397 g/mol. The second-order valence-electron chi connectivity index (χ2n) is 5.69. The van der Waals surface area contributed by atoms with Gasteiger partial charge in [-0.1, -0.05) is 12.1 Å². The van der Waals surface area contributed by atoms with E-state index >= 15 is 0 Å². The molecule has 3 heterocycles. The molecular formula is C19H15N3O3S2. The van der Waals surface area contributed by atoms with Crippen molar-refractivity contribution in [2.75, 3.05) is 6.54 Å². The maximum atomic E-state index is 12.3. The molecule has 0 spiro atoms. The number of carbonyl (C=O) groups is 2. The normalized spacial score (nSPS) is 10.8. The van der Waals surface area contributed by atoms with Gasteiger partial charge in [0.2, 0.25) is 5.91 Å². The summed E-state index contributed by atoms with van der Waals surface area (Å²) in [6.07, 6.45) is 1.54. The van der Waals surface area contributed by atoms with Gasteiger partial charge in [-0.15, -0.1) is 22.7 Å². The number of hydrogen-bond donors (Lipinski definition) is 2. The number of thiazole rings is 1. The van der Waals surface area contributed by atoms with Crippen LogP contribution in [0.3, 0.4) is 0 Å². The second kappa shape index (κ2) is 7.73. The number of nitrogens with one attached hydrogen (secondary N) is 2. The van der Waals surface area contributed by atoms with Crippen molar-refractivity contribution < 1.29 is 14.0 Å². The van der Waals surface area contributed by atoms with Gasteiger partial charge in [0, 0.05) is 0 Å². The molecule has 0 bridgehead atoms. The summed E-state index contributed by atoms with van der Waals surface area (Å²) in [7, 11) is 0. The van der Waals surface area contributed by atoms with Crippen LogP contribution in [-0.2, 0) is 11.3 Å². The van der Waals surface area contributed by atoms with Gasteiger partial charge in [-0.3, -0.25) is 9.59 Å². The molecule has 0 fully saturated rings.